The Bertz CT molecular complexity index is 460. The molecule has 0 amide bonds. The van der Waals surface area contributed by atoms with Crippen LogP contribution in [0.15, 0.2) is 60.8 Å². The van der Waals surface area contributed by atoms with Crippen molar-refractivity contribution < 1.29 is 0 Å². The molecule has 0 heterocycles. The monoisotopic (exact) mass is 322 g/mol. The van der Waals surface area contributed by atoms with Gasteiger partial charge in [-0.2, -0.15) is 0 Å². The Kier molecular flexibility index (Phi) is 9.68. The molecule has 0 radical (unpaired) electrons. The molecule has 2 nitrogen and oxygen atoms in total. The lowest BCUT2D eigenvalue weighted by Crippen LogP contribution is -2.29. The lowest BCUT2D eigenvalue weighted by Gasteiger charge is -2.31. The highest BCUT2D eigenvalue weighted by molar-refractivity contribution is 6.20. The van der Waals surface area contributed by atoms with E-state index in [1.807, 2.05) is 39.2 Å². The molecule has 0 fully saturated rings. The Hall–Kier alpha value is -1.41. The average Bonchev–Trinajstić information content (AvgIpc) is 2.44. The molecule has 0 aliphatic carbocycles. The molecule has 0 bridgehead atoms. The molecule has 0 aromatic heterocycles. The van der Waals surface area contributed by atoms with Gasteiger partial charge in [-0.25, -0.2) is 0 Å². The van der Waals surface area contributed by atoms with Crippen molar-refractivity contribution >= 4 is 11.6 Å². The van der Waals surface area contributed by atoms with Crippen LogP contribution in [0.4, 0.5) is 0 Å². The third-order valence-electron chi connectivity index (χ3n) is 3.41. The predicted octanol–water partition coefficient (Wildman–Crippen LogP) is 5.67. The largest absolute Gasteiger partial charge is 0.353 e. The Morgan fingerprint density at radius 3 is 2.23 bits per heavy atom. The maximum absolute atomic E-state index is 6.43. The molecule has 124 valence electrons. The van der Waals surface area contributed by atoms with E-state index in [0.717, 1.165) is 42.1 Å². The standard InChI is InChI=1S/C19H31ClN2/c1-9-11-18(20)14-22(16(5)6)19(10-2)17(7)21(8)13-12-15(3)4/h10,12-13,18H,2-3,5,9,11,14H2,1,4,6-8H3/b13-12-,19-17+. The molecule has 0 rings (SSSR count). The highest BCUT2D eigenvalue weighted by Crippen LogP contribution is 2.21. The van der Waals surface area contributed by atoms with Crippen LogP contribution in [0.5, 0.6) is 0 Å². The van der Waals surface area contributed by atoms with Gasteiger partial charge in [-0.1, -0.05) is 38.7 Å². The number of allylic oxidation sites excluding steroid dienone is 5. The van der Waals surface area contributed by atoms with Crippen molar-refractivity contribution in [3.63, 3.8) is 0 Å². The minimum Gasteiger partial charge on any atom is -0.353 e. The Labute approximate surface area is 142 Å². The lowest BCUT2D eigenvalue weighted by atomic mass is 10.2. The molecule has 0 saturated heterocycles. The van der Waals surface area contributed by atoms with Crippen molar-refractivity contribution in [2.24, 2.45) is 0 Å². The van der Waals surface area contributed by atoms with Crippen LogP contribution >= 0.6 is 11.6 Å². The summed E-state index contributed by atoms with van der Waals surface area (Å²) >= 11 is 6.43. The van der Waals surface area contributed by atoms with Gasteiger partial charge >= 0.3 is 0 Å². The summed E-state index contributed by atoms with van der Waals surface area (Å²) in [4.78, 5) is 4.20. The smallest absolute Gasteiger partial charge is 0.0597 e. The van der Waals surface area contributed by atoms with Gasteiger partial charge in [-0.15, -0.1) is 11.6 Å². The van der Waals surface area contributed by atoms with Gasteiger partial charge in [0.1, 0.15) is 0 Å². The van der Waals surface area contributed by atoms with Crippen molar-refractivity contribution in [3.05, 3.63) is 60.8 Å². The molecule has 0 spiro atoms. The van der Waals surface area contributed by atoms with Crippen LogP contribution in [-0.4, -0.2) is 28.8 Å². The molecule has 0 aliphatic heterocycles. The molecule has 0 aromatic carbocycles. The molecule has 0 aromatic rings. The first-order valence-corrected chi connectivity index (χ1v) is 8.15. The highest BCUT2D eigenvalue weighted by Gasteiger charge is 2.16. The van der Waals surface area contributed by atoms with E-state index in [9.17, 15) is 0 Å². The van der Waals surface area contributed by atoms with Gasteiger partial charge in [0, 0.05) is 31.2 Å². The highest BCUT2D eigenvalue weighted by atomic mass is 35.5. The number of rotatable bonds is 10. The van der Waals surface area contributed by atoms with Crippen LogP contribution in [0.3, 0.4) is 0 Å². The summed E-state index contributed by atoms with van der Waals surface area (Å²) in [5, 5.41) is 0.0979. The van der Waals surface area contributed by atoms with E-state index < -0.39 is 0 Å². The number of nitrogens with zero attached hydrogens (tertiary/aromatic N) is 2. The fourth-order valence-corrected chi connectivity index (χ4v) is 2.40. The first-order valence-electron chi connectivity index (χ1n) is 7.71. The molecule has 0 aliphatic rings. The Balaban J connectivity index is 5.43. The van der Waals surface area contributed by atoms with Gasteiger partial charge < -0.3 is 9.80 Å². The van der Waals surface area contributed by atoms with Gasteiger partial charge in [0.05, 0.1) is 11.1 Å². The zero-order valence-corrected chi connectivity index (χ0v) is 15.6. The fourth-order valence-electron chi connectivity index (χ4n) is 2.05. The van der Waals surface area contributed by atoms with Crippen LogP contribution in [-0.2, 0) is 0 Å². The summed E-state index contributed by atoms with van der Waals surface area (Å²) < 4.78 is 0. The lowest BCUT2D eigenvalue weighted by molar-refractivity contribution is 0.406. The number of alkyl halides is 1. The summed E-state index contributed by atoms with van der Waals surface area (Å²) in [6.45, 7) is 20.9. The quantitative estimate of drug-likeness (QED) is 0.378. The first kappa shape index (κ1) is 20.6. The maximum Gasteiger partial charge on any atom is 0.0597 e. The minimum atomic E-state index is 0.0979. The molecular formula is C19H31ClN2. The maximum atomic E-state index is 6.43. The fraction of sp³-hybridized carbons (Fsp3) is 0.474. The van der Waals surface area contributed by atoms with Crippen LogP contribution in [0.2, 0.25) is 0 Å². The first-order chi connectivity index (χ1) is 10.2. The third-order valence-corrected chi connectivity index (χ3v) is 3.77. The SMILES string of the molecule is C=C/C(=C(/C)N(C)/C=C\C(=C)C)N(CC(Cl)CCC)C(=C)C. The molecule has 22 heavy (non-hydrogen) atoms. The molecular weight excluding hydrogens is 292 g/mol. The van der Waals surface area contributed by atoms with E-state index in [1.165, 1.54) is 0 Å². The third kappa shape index (κ3) is 7.04. The Morgan fingerprint density at radius 1 is 1.23 bits per heavy atom. The van der Waals surface area contributed by atoms with Crippen molar-refractivity contribution in [1.82, 2.24) is 9.80 Å². The molecule has 0 saturated carbocycles. The Morgan fingerprint density at radius 2 is 1.82 bits per heavy atom. The summed E-state index contributed by atoms with van der Waals surface area (Å²) in [6, 6.07) is 0. The second kappa shape index (κ2) is 10.3. The van der Waals surface area contributed by atoms with E-state index >= 15 is 0 Å². The molecule has 0 N–H and O–H groups in total. The molecule has 3 heteroatoms. The van der Waals surface area contributed by atoms with Gasteiger partial charge in [0.25, 0.3) is 0 Å². The van der Waals surface area contributed by atoms with E-state index in [2.05, 4.69) is 43.4 Å². The average molecular weight is 323 g/mol. The van der Waals surface area contributed by atoms with Crippen molar-refractivity contribution in [3.8, 4) is 0 Å². The van der Waals surface area contributed by atoms with Crippen LogP contribution in [0, 0.1) is 0 Å². The zero-order valence-electron chi connectivity index (χ0n) is 14.8. The zero-order chi connectivity index (χ0) is 17.3. The van der Waals surface area contributed by atoms with Crippen LogP contribution in [0.1, 0.15) is 40.5 Å². The number of halogens is 1. The van der Waals surface area contributed by atoms with Crippen molar-refractivity contribution in [1.29, 1.82) is 0 Å². The van der Waals surface area contributed by atoms with E-state index in [1.54, 1.807) is 0 Å². The predicted molar refractivity (Wildman–Crippen MR) is 101 cm³/mol. The molecule has 1 unspecified atom stereocenters. The summed E-state index contributed by atoms with van der Waals surface area (Å²) in [7, 11) is 2.01. The summed E-state index contributed by atoms with van der Waals surface area (Å²) in [6.07, 6.45) is 7.91. The second-order valence-electron chi connectivity index (χ2n) is 5.68. The minimum absolute atomic E-state index is 0.0979. The van der Waals surface area contributed by atoms with Crippen LogP contribution < -0.4 is 0 Å². The normalized spacial score (nSPS) is 13.5. The van der Waals surface area contributed by atoms with Crippen molar-refractivity contribution in [2.45, 2.75) is 45.9 Å². The van der Waals surface area contributed by atoms with Gasteiger partial charge in [-0.05, 0) is 39.3 Å². The molecule has 1 atom stereocenters. The topological polar surface area (TPSA) is 6.48 Å². The van der Waals surface area contributed by atoms with E-state index in [-0.39, 0.29) is 5.38 Å². The summed E-state index contributed by atoms with van der Waals surface area (Å²) in [5.74, 6) is 0. The summed E-state index contributed by atoms with van der Waals surface area (Å²) in [5.41, 5.74) is 4.10. The van der Waals surface area contributed by atoms with E-state index in [0.29, 0.717) is 0 Å². The van der Waals surface area contributed by atoms with Gasteiger partial charge in [0.15, 0.2) is 0 Å². The van der Waals surface area contributed by atoms with Gasteiger partial charge in [0.2, 0.25) is 0 Å². The number of hydrogen-bond donors (Lipinski definition) is 0. The van der Waals surface area contributed by atoms with Crippen molar-refractivity contribution in [2.75, 3.05) is 13.6 Å². The van der Waals surface area contributed by atoms with E-state index in [4.69, 9.17) is 11.6 Å². The second-order valence-corrected chi connectivity index (χ2v) is 6.30. The van der Waals surface area contributed by atoms with Gasteiger partial charge in [-0.3, -0.25) is 0 Å². The van der Waals surface area contributed by atoms with Crippen LogP contribution in [0.25, 0.3) is 0 Å². The number of hydrogen-bond acceptors (Lipinski definition) is 2.